The number of carbonyl (C=O) groups is 2. The zero-order valence-corrected chi connectivity index (χ0v) is 30.4. The molecular formula is C43H46N2O6S. The number of anilines is 1. The summed E-state index contributed by atoms with van der Waals surface area (Å²) in [7, 11) is 0. The Bertz CT molecular complexity index is 1800. The van der Waals surface area contributed by atoms with Crippen molar-refractivity contribution in [2.75, 3.05) is 11.1 Å². The monoisotopic (exact) mass is 718 g/mol. The number of ketones is 1. The van der Waals surface area contributed by atoms with E-state index >= 15 is 0 Å². The summed E-state index contributed by atoms with van der Waals surface area (Å²) < 4.78 is 19.5. The molecule has 4 aromatic carbocycles. The van der Waals surface area contributed by atoms with Crippen LogP contribution in [0.4, 0.5) is 5.69 Å². The molecule has 5 aromatic rings. The molecule has 0 spiro atoms. The van der Waals surface area contributed by atoms with E-state index in [0.29, 0.717) is 48.1 Å². The van der Waals surface area contributed by atoms with E-state index in [4.69, 9.17) is 18.9 Å². The summed E-state index contributed by atoms with van der Waals surface area (Å²) in [6.45, 7) is 1.87. The van der Waals surface area contributed by atoms with Crippen LogP contribution in [0.1, 0.15) is 87.4 Å². The minimum atomic E-state index is -0.629. The first-order chi connectivity index (χ1) is 25.5. The fourth-order valence-corrected chi connectivity index (χ4v) is 7.05. The molecular weight excluding hydrogens is 673 g/mol. The lowest BCUT2D eigenvalue weighted by atomic mass is 10.0. The number of nitrogens with zero attached hydrogens (tertiary/aromatic N) is 1. The van der Waals surface area contributed by atoms with Gasteiger partial charge in [0.1, 0.15) is 11.5 Å². The minimum absolute atomic E-state index is 0.0208. The fourth-order valence-electron chi connectivity index (χ4n) is 6.21. The van der Waals surface area contributed by atoms with Crippen molar-refractivity contribution < 1.29 is 28.6 Å². The molecule has 6 rings (SSSR count). The Kier molecular flexibility index (Phi) is 13.5. The lowest BCUT2D eigenvalue weighted by Gasteiger charge is -2.36. The van der Waals surface area contributed by atoms with E-state index in [1.807, 2.05) is 116 Å². The quantitative estimate of drug-likeness (QED) is 0.0722. The predicted octanol–water partition coefficient (Wildman–Crippen LogP) is 10.1. The number of nitrogens with one attached hydrogen (secondary N) is 1. The second-order valence-electron chi connectivity index (χ2n) is 13.0. The zero-order valence-electron chi connectivity index (χ0n) is 29.5. The Balaban J connectivity index is 1.12. The van der Waals surface area contributed by atoms with Crippen molar-refractivity contribution >= 4 is 29.1 Å². The first-order valence-electron chi connectivity index (χ1n) is 18.2. The number of aromatic nitrogens is 1. The van der Waals surface area contributed by atoms with Gasteiger partial charge in [0.15, 0.2) is 12.1 Å². The number of aliphatic hydroxyl groups is 1. The topological polar surface area (TPSA) is 111 Å². The van der Waals surface area contributed by atoms with Crippen LogP contribution in [0, 0.1) is 0 Å². The number of aliphatic hydroxyl groups excluding tert-OH is 1. The highest BCUT2D eigenvalue weighted by molar-refractivity contribution is 7.99. The number of carbonyl (C=O) groups excluding carboxylic acids is 2. The molecule has 8 nitrogen and oxygen atoms in total. The van der Waals surface area contributed by atoms with Gasteiger partial charge in [-0.05, 0) is 36.1 Å². The number of amides is 1. The van der Waals surface area contributed by atoms with Gasteiger partial charge in [-0.25, -0.2) is 4.98 Å². The number of ether oxygens (including phenoxy) is 2. The van der Waals surface area contributed by atoms with Gasteiger partial charge >= 0.3 is 0 Å². The summed E-state index contributed by atoms with van der Waals surface area (Å²) in [5.41, 5.74) is 6.17. The number of unbranched alkanes of at least 4 members (excludes halogenated alkanes) is 3. The predicted molar refractivity (Wildman–Crippen MR) is 205 cm³/mol. The highest BCUT2D eigenvalue weighted by atomic mass is 32.2. The van der Waals surface area contributed by atoms with Crippen molar-refractivity contribution in [1.82, 2.24) is 4.98 Å². The summed E-state index contributed by atoms with van der Waals surface area (Å²) in [6, 6.07) is 35.5. The Hall–Kier alpha value is -4.54. The van der Waals surface area contributed by atoms with Gasteiger partial charge in [0, 0.05) is 53.8 Å². The molecule has 9 heteroatoms. The number of Topliss-reactive ketones (excluding diaryl/α,β-unsaturated/α-hetero) is 1. The van der Waals surface area contributed by atoms with Crippen LogP contribution in [0.2, 0.25) is 0 Å². The van der Waals surface area contributed by atoms with E-state index in [0.717, 1.165) is 65.0 Å². The molecule has 1 amide bonds. The van der Waals surface area contributed by atoms with Crippen molar-refractivity contribution in [3.8, 4) is 22.6 Å². The normalized spacial score (nSPS) is 17.2. The van der Waals surface area contributed by atoms with Gasteiger partial charge in [0.2, 0.25) is 5.91 Å². The lowest BCUT2D eigenvalue weighted by molar-refractivity contribution is -0.245. The third kappa shape index (κ3) is 10.3. The zero-order chi connectivity index (χ0) is 36.1. The largest absolute Gasteiger partial charge is 0.431 e. The smallest absolute Gasteiger partial charge is 0.256 e. The van der Waals surface area contributed by atoms with E-state index in [-0.39, 0.29) is 24.7 Å². The van der Waals surface area contributed by atoms with Crippen LogP contribution in [0.25, 0.3) is 22.6 Å². The molecule has 0 aliphatic carbocycles. The van der Waals surface area contributed by atoms with Gasteiger partial charge in [0.25, 0.3) is 5.22 Å². The second-order valence-corrected chi connectivity index (χ2v) is 14.0. The molecule has 1 aromatic heterocycles. The molecule has 52 heavy (non-hydrogen) atoms. The molecule has 270 valence electrons. The summed E-state index contributed by atoms with van der Waals surface area (Å²) in [4.78, 5) is 29.0. The van der Waals surface area contributed by atoms with Crippen molar-refractivity contribution in [3.63, 3.8) is 0 Å². The molecule has 0 bridgehead atoms. The Labute approximate surface area is 310 Å². The summed E-state index contributed by atoms with van der Waals surface area (Å²) in [5.74, 6) is 1.60. The number of hydrogen-bond acceptors (Lipinski definition) is 8. The molecule has 3 atom stereocenters. The molecule has 1 fully saturated rings. The van der Waals surface area contributed by atoms with Crippen LogP contribution < -0.4 is 5.32 Å². The molecule has 1 saturated heterocycles. The van der Waals surface area contributed by atoms with Crippen LogP contribution >= 0.6 is 11.8 Å². The highest BCUT2D eigenvalue weighted by Crippen LogP contribution is 2.41. The van der Waals surface area contributed by atoms with E-state index in [2.05, 4.69) is 5.32 Å². The average molecular weight is 719 g/mol. The van der Waals surface area contributed by atoms with Crippen LogP contribution in [0.15, 0.2) is 119 Å². The van der Waals surface area contributed by atoms with Crippen molar-refractivity contribution in [2.45, 2.75) is 88.6 Å². The van der Waals surface area contributed by atoms with Gasteiger partial charge < -0.3 is 24.3 Å². The molecule has 1 aliphatic heterocycles. The Morgan fingerprint density at radius 3 is 2.12 bits per heavy atom. The molecule has 2 N–H and O–H groups in total. The first kappa shape index (κ1) is 37.2. The summed E-state index contributed by atoms with van der Waals surface area (Å²) >= 11 is 1.52. The maximum atomic E-state index is 12.6. The van der Waals surface area contributed by atoms with Crippen LogP contribution in [-0.2, 0) is 25.7 Å². The second kappa shape index (κ2) is 18.8. The molecule has 0 radical (unpaired) electrons. The fraction of sp³-hybridized carbons (Fsp3) is 0.326. The van der Waals surface area contributed by atoms with Crippen LogP contribution in [0.3, 0.4) is 0 Å². The minimum Gasteiger partial charge on any atom is -0.431 e. The van der Waals surface area contributed by atoms with E-state index in [9.17, 15) is 14.7 Å². The number of oxazole rings is 1. The summed E-state index contributed by atoms with van der Waals surface area (Å²) in [5, 5.41) is 13.2. The van der Waals surface area contributed by atoms with Gasteiger partial charge in [-0.15, -0.1) is 0 Å². The van der Waals surface area contributed by atoms with Gasteiger partial charge in [-0.2, -0.15) is 0 Å². The Morgan fingerprint density at radius 1 is 0.788 bits per heavy atom. The van der Waals surface area contributed by atoms with E-state index in [1.54, 1.807) is 0 Å². The molecule has 1 unspecified atom stereocenters. The molecule has 1 aliphatic rings. The first-order valence-corrected chi connectivity index (χ1v) is 19.1. The highest BCUT2D eigenvalue weighted by Gasteiger charge is 2.33. The van der Waals surface area contributed by atoms with E-state index in [1.165, 1.54) is 11.8 Å². The van der Waals surface area contributed by atoms with E-state index < -0.39 is 6.29 Å². The number of thioether (sulfide) groups is 1. The SMILES string of the molecule is CCC(=O)CCCCCCC(=O)Nc1ccc([C@@H]2OC(c3ccc(CO)cc3)C[C@H](CSc3nc(-c4ccccc4)c(-c4ccccc4)o3)O2)cc1. The van der Waals surface area contributed by atoms with Crippen molar-refractivity contribution in [2.24, 2.45) is 0 Å². The number of hydrogen-bond donors (Lipinski definition) is 2. The summed E-state index contributed by atoms with van der Waals surface area (Å²) in [6.07, 6.45) is 4.82. The number of benzene rings is 4. The third-order valence-corrected chi connectivity index (χ3v) is 10.1. The average Bonchev–Trinajstić information content (AvgIpc) is 3.63. The third-order valence-electron chi connectivity index (χ3n) is 9.17. The maximum absolute atomic E-state index is 12.6. The van der Waals surface area contributed by atoms with Gasteiger partial charge in [0.05, 0.1) is 18.8 Å². The Morgan fingerprint density at radius 2 is 1.44 bits per heavy atom. The van der Waals surface area contributed by atoms with Crippen molar-refractivity contribution in [3.05, 3.63) is 126 Å². The standard InChI is InChI=1S/C43H46N2O6S/c1-2-36(47)17-11-3-4-12-18-39(48)44-35-25-23-34(24-26-35)42-49-37(27-38(50-42)31-21-19-30(28-46)20-22-31)29-52-43-45-40(32-13-7-5-8-14-32)41(51-43)33-15-9-6-10-16-33/h5-10,13-16,19-26,37-38,42,46H,2-4,11-12,17-18,27-29H2,1H3,(H,44,48)/t37-,38?,42+/m1/s1. The lowest BCUT2D eigenvalue weighted by Crippen LogP contribution is -2.31. The molecule has 2 heterocycles. The number of rotatable bonds is 17. The maximum Gasteiger partial charge on any atom is 0.256 e. The van der Waals surface area contributed by atoms with Crippen LogP contribution in [0.5, 0.6) is 0 Å². The van der Waals surface area contributed by atoms with Crippen molar-refractivity contribution in [1.29, 1.82) is 0 Å². The van der Waals surface area contributed by atoms with Gasteiger partial charge in [-0.3, -0.25) is 9.59 Å². The molecule has 0 saturated carbocycles. The van der Waals surface area contributed by atoms with Gasteiger partial charge in [-0.1, -0.05) is 129 Å². The van der Waals surface area contributed by atoms with Crippen LogP contribution in [-0.4, -0.2) is 33.6 Å².